The van der Waals surface area contributed by atoms with Gasteiger partial charge in [0, 0.05) is 0 Å². The Bertz CT molecular complexity index is 494. The molecular formula is C15H24N2O2. The second kappa shape index (κ2) is 4.85. The van der Waals surface area contributed by atoms with Gasteiger partial charge < -0.3 is 5.11 Å². The highest BCUT2D eigenvalue weighted by molar-refractivity contribution is 5.98. The molecule has 0 bridgehead atoms. The minimum atomic E-state index is -0.464. The van der Waals surface area contributed by atoms with Crippen molar-refractivity contribution in [2.45, 2.75) is 52.4 Å². The Morgan fingerprint density at radius 2 is 1.63 bits per heavy atom. The van der Waals surface area contributed by atoms with Crippen LogP contribution in [0.15, 0.2) is 12.1 Å². The molecule has 0 aliphatic carbocycles. The standard InChI is InChI=1S/C15H24N2O2/c1-14(2,3)9-7-8-10(18)11(13(19)17-16)12(9)15(4,5)6/h7-8,18H,16H2,1-6H3,(H,17,19). The first-order valence-corrected chi connectivity index (χ1v) is 6.38. The van der Waals surface area contributed by atoms with Gasteiger partial charge >= 0.3 is 0 Å². The predicted octanol–water partition coefficient (Wildman–Crippen LogP) is 2.59. The molecule has 4 heteroatoms. The van der Waals surface area contributed by atoms with Crippen LogP contribution in [0.25, 0.3) is 0 Å². The number of amides is 1. The van der Waals surface area contributed by atoms with Crippen molar-refractivity contribution < 1.29 is 9.90 Å². The third-order valence-corrected chi connectivity index (χ3v) is 3.10. The average Bonchev–Trinajstić information content (AvgIpc) is 2.24. The zero-order valence-electron chi connectivity index (χ0n) is 12.6. The maximum absolute atomic E-state index is 12.0. The van der Waals surface area contributed by atoms with Crippen molar-refractivity contribution >= 4 is 5.91 Å². The molecule has 0 unspecified atom stereocenters. The first-order valence-electron chi connectivity index (χ1n) is 6.38. The van der Waals surface area contributed by atoms with Crippen LogP contribution in [0, 0.1) is 0 Å². The van der Waals surface area contributed by atoms with Crippen molar-refractivity contribution in [2.75, 3.05) is 0 Å². The summed E-state index contributed by atoms with van der Waals surface area (Å²) in [5.41, 5.74) is 3.86. The fraction of sp³-hybridized carbons (Fsp3) is 0.533. The molecule has 0 aliphatic rings. The zero-order chi connectivity index (χ0) is 15.0. The summed E-state index contributed by atoms with van der Waals surface area (Å²) in [7, 11) is 0. The van der Waals surface area contributed by atoms with E-state index in [-0.39, 0.29) is 22.1 Å². The van der Waals surface area contributed by atoms with Gasteiger partial charge in [0.1, 0.15) is 5.75 Å². The number of nitrogen functional groups attached to an aromatic ring is 1. The van der Waals surface area contributed by atoms with Gasteiger partial charge in [-0.3, -0.25) is 10.2 Å². The molecule has 106 valence electrons. The zero-order valence-corrected chi connectivity index (χ0v) is 12.6. The molecule has 0 spiro atoms. The van der Waals surface area contributed by atoms with E-state index in [0.29, 0.717) is 0 Å². The highest BCUT2D eigenvalue weighted by atomic mass is 16.3. The lowest BCUT2D eigenvalue weighted by atomic mass is 9.73. The molecule has 0 heterocycles. The number of hydrogen-bond acceptors (Lipinski definition) is 3. The number of aromatic hydroxyl groups is 1. The van der Waals surface area contributed by atoms with Crippen LogP contribution < -0.4 is 11.3 Å². The normalized spacial score (nSPS) is 12.4. The molecule has 0 aliphatic heterocycles. The average molecular weight is 264 g/mol. The first kappa shape index (κ1) is 15.5. The number of nitrogens with two attached hydrogens (primary N) is 1. The molecule has 0 atom stereocenters. The highest BCUT2D eigenvalue weighted by Crippen LogP contribution is 2.39. The van der Waals surface area contributed by atoms with Gasteiger partial charge in [0.15, 0.2) is 0 Å². The molecular weight excluding hydrogens is 240 g/mol. The third-order valence-electron chi connectivity index (χ3n) is 3.10. The van der Waals surface area contributed by atoms with E-state index in [1.807, 2.05) is 26.8 Å². The van der Waals surface area contributed by atoms with Crippen LogP contribution in [0.4, 0.5) is 0 Å². The fourth-order valence-electron chi connectivity index (χ4n) is 2.30. The Labute approximate surface area is 115 Å². The number of hydrogen-bond donors (Lipinski definition) is 3. The number of nitrogens with one attached hydrogen (secondary N) is 1. The molecule has 0 saturated heterocycles. The lowest BCUT2D eigenvalue weighted by Gasteiger charge is -2.32. The first-order chi connectivity index (χ1) is 8.50. The lowest BCUT2D eigenvalue weighted by Crippen LogP contribution is -2.34. The summed E-state index contributed by atoms with van der Waals surface area (Å²) in [6.45, 7) is 12.3. The number of phenolic OH excluding ortho intramolecular Hbond substituents is 1. The Balaban J connectivity index is 3.76. The van der Waals surface area contributed by atoms with Crippen molar-refractivity contribution in [3.63, 3.8) is 0 Å². The number of carbonyl (C=O) groups excluding carboxylic acids is 1. The Morgan fingerprint density at radius 3 is 2.00 bits per heavy atom. The Kier molecular flexibility index (Phi) is 3.96. The van der Waals surface area contributed by atoms with Crippen molar-refractivity contribution in [2.24, 2.45) is 5.84 Å². The van der Waals surface area contributed by atoms with Gasteiger partial charge in [0.05, 0.1) is 5.56 Å². The highest BCUT2D eigenvalue weighted by Gasteiger charge is 2.31. The van der Waals surface area contributed by atoms with Crippen LogP contribution in [0.3, 0.4) is 0 Å². The van der Waals surface area contributed by atoms with Gasteiger partial charge in [-0.2, -0.15) is 0 Å². The smallest absolute Gasteiger partial charge is 0.269 e. The van der Waals surface area contributed by atoms with Gasteiger partial charge in [-0.05, 0) is 28.0 Å². The van der Waals surface area contributed by atoms with E-state index in [4.69, 9.17) is 5.84 Å². The molecule has 1 amide bonds. The van der Waals surface area contributed by atoms with Crippen LogP contribution in [0.5, 0.6) is 5.75 Å². The summed E-state index contributed by atoms with van der Waals surface area (Å²) in [5, 5.41) is 10.0. The minimum absolute atomic E-state index is 0.0409. The summed E-state index contributed by atoms with van der Waals surface area (Å²) in [5.74, 6) is 4.73. The van der Waals surface area contributed by atoms with E-state index in [2.05, 4.69) is 26.2 Å². The molecule has 0 saturated carbocycles. The van der Waals surface area contributed by atoms with E-state index in [1.165, 1.54) is 0 Å². The van der Waals surface area contributed by atoms with Gasteiger partial charge in [-0.1, -0.05) is 47.6 Å². The maximum Gasteiger partial charge on any atom is 0.269 e. The summed E-state index contributed by atoms with van der Waals surface area (Å²) < 4.78 is 0. The van der Waals surface area contributed by atoms with Crippen molar-refractivity contribution in [3.8, 4) is 5.75 Å². The van der Waals surface area contributed by atoms with Crippen LogP contribution >= 0.6 is 0 Å². The molecule has 1 rings (SSSR count). The number of phenols is 1. The topological polar surface area (TPSA) is 75.3 Å². The summed E-state index contributed by atoms with van der Waals surface area (Å²) in [4.78, 5) is 12.0. The predicted molar refractivity (Wildman–Crippen MR) is 77.2 cm³/mol. The van der Waals surface area contributed by atoms with E-state index in [9.17, 15) is 9.90 Å². The van der Waals surface area contributed by atoms with Gasteiger partial charge in [-0.15, -0.1) is 0 Å². The molecule has 0 aromatic heterocycles. The largest absolute Gasteiger partial charge is 0.507 e. The second-order valence-corrected chi connectivity index (χ2v) is 6.86. The van der Waals surface area contributed by atoms with Crippen LogP contribution in [-0.4, -0.2) is 11.0 Å². The maximum atomic E-state index is 12.0. The van der Waals surface area contributed by atoms with E-state index < -0.39 is 5.91 Å². The van der Waals surface area contributed by atoms with Crippen LogP contribution in [0.1, 0.15) is 63.0 Å². The molecule has 1 aromatic carbocycles. The van der Waals surface area contributed by atoms with E-state index >= 15 is 0 Å². The Hall–Kier alpha value is -1.55. The van der Waals surface area contributed by atoms with Crippen molar-refractivity contribution in [3.05, 3.63) is 28.8 Å². The van der Waals surface area contributed by atoms with E-state index in [1.54, 1.807) is 6.07 Å². The fourth-order valence-corrected chi connectivity index (χ4v) is 2.30. The van der Waals surface area contributed by atoms with Crippen molar-refractivity contribution in [1.29, 1.82) is 0 Å². The van der Waals surface area contributed by atoms with Gasteiger partial charge in [-0.25, -0.2) is 5.84 Å². The molecule has 0 radical (unpaired) electrons. The molecule has 19 heavy (non-hydrogen) atoms. The molecule has 4 N–H and O–H groups in total. The number of hydrazine groups is 1. The SMILES string of the molecule is CC(C)(C)c1ccc(O)c(C(=O)NN)c1C(C)(C)C. The molecule has 1 aromatic rings. The number of benzene rings is 1. The van der Waals surface area contributed by atoms with E-state index in [0.717, 1.165) is 11.1 Å². The van der Waals surface area contributed by atoms with Gasteiger partial charge in [0.2, 0.25) is 0 Å². The number of rotatable bonds is 1. The van der Waals surface area contributed by atoms with Crippen LogP contribution in [0.2, 0.25) is 0 Å². The lowest BCUT2D eigenvalue weighted by molar-refractivity contribution is 0.0948. The van der Waals surface area contributed by atoms with Crippen LogP contribution in [-0.2, 0) is 10.8 Å². The number of carbonyl (C=O) groups is 1. The molecule has 0 fully saturated rings. The van der Waals surface area contributed by atoms with Crippen molar-refractivity contribution in [1.82, 2.24) is 5.43 Å². The monoisotopic (exact) mass is 264 g/mol. The summed E-state index contributed by atoms with van der Waals surface area (Å²) in [6, 6.07) is 3.43. The third kappa shape index (κ3) is 3.07. The second-order valence-electron chi connectivity index (χ2n) is 6.86. The summed E-state index contributed by atoms with van der Waals surface area (Å²) in [6.07, 6.45) is 0. The minimum Gasteiger partial charge on any atom is -0.507 e. The molecule has 4 nitrogen and oxygen atoms in total. The quantitative estimate of drug-likeness (QED) is 0.414. The Morgan fingerprint density at radius 1 is 1.11 bits per heavy atom. The van der Waals surface area contributed by atoms with Gasteiger partial charge in [0.25, 0.3) is 5.91 Å². The summed E-state index contributed by atoms with van der Waals surface area (Å²) >= 11 is 0.